The van der Waals surface area contributed by atoms with Crippen LogP contribution in [-0.2, 0) is 10.3 Å². The molecule has 1 aromatic heterocycles. The third-order valence-electron chi connectivity index (χ3n) is 0.853. The Morgan fingerprint density at radius 1 is 1.60 bits per heavy atom. The number of rotatable bonds is 0. The Kier molecular flexibility index (Phi) is 1.76. The molecule has 7 heteroatoms. The van der Waals surface area contributed by atoms with Crippen LogP contribution in [0.2, 0.25) is 0 Å². The van der Waals surface area contributed by atoms with Gasteiger partial charge in [-0.15, -0.1) is 5.10 Å². The Balaban J connectivity index is 3.24. The lowest BCUT2D eigenvalue weighted by Gasteiger charge is -1.85. The van der Waals surface area contributed by atoms with Gasteiger partial charge in [-0.05, 0) is 17.4 Å². The topological polar surface area (TPSA) is 77.7 Å². The fraction of sp³-hybridized carbons (Fsp3) is 0.333. The van der Waals surface area contributed by atoms with Crippen molar-refractivity contribution in [2.75, 3.05) is 0 Å². The maximum absolute atomic E-state index is 10.2. The monoisotopic (exact) mass is 159 g/mol. The molecule has 0 aliphatic rings. The van der Waals surface area contributed by atoms with Crippen LogP contribution >= 0.6 is 0 Å². The first-order chi connectivity index (χ1) is 4.72. The van der Waals surface area contributed by atoms with Crippen LogP contribution in [0.1, 0.15) is 6.92 Å². The van der Waals surface area contributed by atoms with Crippen molar-refractivity contribution in [2.24, 2.45) is 0 Å². The van der Waals surface area contributed by atoms with Gasteiger partial charge in [0.25, 0.3) is 0 Å². The molecule has 0 aliphatic carbocycles. The van der Waals surface area contributed by atoms with E-state index >= 15 is 0 Å². The molecule has 0 atom stereocenters. The van der Waals surface area contributed by atoms with Crippen LogP contribution in [0.5, 0.6) is 0 Å². The van der Waals surface area contributed by atoms with Crippen LogP contribution in [0.25, 0.3) is 0 Å². The number of nitrogens with zero attached hydrogens (tertiary/aromatic N) is 4. The average Bonchev–Trinajstić information content (AvgIpc) is 2.36. The summed E-state index contributed by atoms with van der Waals surface area (Å²) in [7, 11) is -2.28. The van der Waals surface area contributed by atoms with E-state index < -0.39 is 10.3 Å². The van der Waals surface area contributed by atoms with Crippen LogP contribution < -0.4 is 0 Å². The highest BCUT2D eigenvalue weighted by molar-refractivity contribution is 7.72. The van der Waals surface area contributed by atoms with E-state index in [1.807, 2.05) is 0 Å². The predicted molar refractivity (Wildman–Crippen MR) is 31.7 cm³/mol. The van der Waals surface area contributed by atoms with E-state index in [4.69, 9.17) is 0 Å². The highest BCUT2D eigenvalue weighted by atomic mass is 32.2. The normalized spacial score (nSPS) is 9.30. The summed E-state index contributed by atoms with van der Waals surface area (Å²) in [4.78, 5) is 0.0185. The summed E-state index contributed by atoms with van der Waals surface area (Å²) in [6.07, 6.45) is 2.23. The summed E-state index contributed by atoms with van der Waals surface area (Å²) >= 11 is 0. The Morgan fingerprint density at radius 2 is 2.30 bits per heavy atom. The largest absolute Gasteiger partial charge is 0.235 e. The highest BCUT2D eigenvalue weighted by Gasteiger charge is 1.97. The molecule has 0 unspecified atom stereocenters. The van der Waals surface area contributed by atoms with E-state index in [1.54, 1.807) is 0 Å². The van der Waals surface area contributed by atoms with Crippen molar-refractivity contribution < 1.29 is 8.42 Å². The van der Waals surface area contributed by atoms with Gasteiger partial charge in [0.1, 0.15) is 0 Å². The molecular formula is C3H3N4O2S. The van der Waals surface area contributed by atoms with Gasteiger partial charge in [-0.2, -0.15) is 13.1 Å². The lowest BCUT2D eigenvalue weighted by molar-refractivity contribution is 0.626. The van der Waals surface area contributed by atoms with E-state index in [9.17, 15) is 8.42 Å². The van der Waals surface area contributed by atoms with Crippen LogP contribution in [0.4, 0.5) is 0 Å². The number of tetrazole rings is 1. The average molecular weight is 159 g/mol. The van der Waals surface area contributed by atoms with Gasteiger partial charge in [0, 0.05) is 0 Å². The van der Waals surface area contributed by atoms with Gasteiger partial charge < -0.3 is 0 Å². The molecule has 1 aromatic rings. The summed E-state index contributed by atoms with van der Waals surface area (Å²) in [6.45, 7) is 1.37. The number of aromatic nitrogens is 4. The molecule has 0 fully saturated rings. The van der Waals surface area contributed by atoms with Crippen molar-refractivity contribution in [3.05, 3.63) is 6.33 Å². The minimum absolute atomic E-state index is 0.0185. The van der Waals surface area contributed by atoms with Gasteiger partial charge in [-0.1, -0.05) is 0 Å². The first-order valence-electron chi connectivity index (χ1n) is 2.31. The van der Waals surface area contributed by atoms with Crippen LogP contribution in [0.15, 0.2) is 0 Å². The zero-order chi connectivity index (χ0) is 7.56. The Labute approximate surface area is 58.0 Å². The second-order valence-electron chi connectivity index (χ2n) is 1.44. The fourth-order valence-electron chi connectivity index (χ4n) is 0.346. The van der Waals surface area contributed by atoms with E-state index in [2.05, 4.69) is 21.9 Å². The fourth-order valence-corrected chi connectivity index (χ4v) is 0.565. The van der Waals surface area contributed by atoms with Crippen molar-refractivity contribution in [3.63, 3.8) is 0 Å². The van der Waals surface area contributed by atoms with Gasteiger partial charge in [0.2, 0.25) is 16.6 Å². The van der Waals surface area contributed by atoms with E-state index in [0.29, 0.717) is 0 Å². The second kappa shape index (κ2) is 2.56. The molecule has 6 nitrogen and oxygen atoms in total. The van der Waals surface area contributed by atoms with Crippen LogP contribution in [0, 0.1) is 6.33 Å². The molecule has 0 spiro atoms. The van der Waals surface area contributed by atoms with Crippen LogP contribution in [0.3, 0.4) is 0 Å². The quantitative estimate of drug-likeness (QED) is 0.424. The maximum atomic E-state index is 10.2. The van der Waals surface area contributed by atoms with E-state index in [0.717, 1.165) is 4.68 Å². The van der Waals surface area contributed by atoms with E-state index in [1.165, 1.54) is 6.92 Å². The molecule has 1 radical (unpaired) electrons. The minimum atomic E-state index is -2.28. The third-order valence-corrected chi connectivity index (χ3v) is 1.51. The molecule has 53 valence electrons. The highest BCUT2D eigenvalue weighted by Crippen LogP contribution is 1.74. The Bertz CT molecular complexity index is 329. The molecule has 0 saturated heterocycles. The molecule has 1 heterocycles. The smallest absolute Gasteiger partial charge is 0.183 e. The molecule has 0 aromatic carbocycles. The molecule has 0 aliphatic heterocycles. The van der Waals surface area contributed by atoms with Gasteiger partial charge in [0.15, 0.2) is 4.99 Å². The zero-order valence-electron chi connectivity index (χ0n) is 5.01. The maximum Gasteiger partial charge on any atom is 0.235 e. The summed E-state index contributed by atoms with van der Waals surface area (Å²) in [5, 5.41) is 9.65. The molecular weight excluding hydrogens is 156 g/mol. The standard InChI is InChI=1S/C3H3N4O2S/c1-3(10(8)9)7-2-4-5-6-7/h1H3. The second-order valence-corrected chi connectivity index (χ2v) is 2.50. The molecule has 0 saturated carbocycles. The molecule has 0 bridgehead atoms. The minimum Gasteiger partial charge on any atom is -0.183 e. The van der Waals surface area contributed by atoms with Crippen molar-refractivity contribution in [1.29, 1.82) is 0 Å². The lowest BCUT2D eigenvalue weighted by atomic mass is 10.8. The third kappa shape index (κ3) is 1.18. The van der Waals surface area contributed by atoms with Gasteiger partial charge in [0.05, 0.1) is 0 Å². The Morgan fingerprint density at radius 3 is 2.70 bits per heavy atom. The molecule has 0 amide bonds. The molecule has 10 heavy (non-hydrogen) atoms. The van der Waals surface area contributed by atoms with E-state index in [-0.39, 0.29) is 4.99 Å². The summed E-state index contributed by atoms with van der Waals surface area (Å²) in [6, 6.07) is 0. The lowest BCUT2D eigenvalue weighted by Crippen LogP contribution is -2.09. The predicted octanol–water partition coefficient (Wildman–Crippen LogP) is -1.65. The van der Waals surface area contributed by atoms with Crippen molar-refractivity contribution >= 4 is 15.3 Å². The van der Waals surface area contributed by atoms with Crippen molar-refractivity contribution in [2.45, 2.75) is 6.92 Å². The van der Waals surface area contributed by atoms with Crippen molar-refractivity contribution in [1.82, 2.24) is 20.2 Å². The summed E-state index contributed by atoms with van der Waals surface area (Å²) in [5.74, 6) is 0. The zero-order valence-corrected chi connectivity index (χ0v) is 5.83. The molecule has 0 N–H and O–H groups in total. The summed E-state index contributed by atoms with van der Waals surface area (Å²) in [5.41, 5.74) is 0. The van der Waals surface area contributed by atoms with Gasteiger partial charge in [-0.3, -0.25) is 0 Å². The number of hydrogen-bond acceptors (Lipinski definition) is 5. The van der Waals surface area contributed by atoms with Crippen LogP contribution in [-0.4, -0.2) is 33.6 Å². The summed E-state index contributed by atoms with van der Waals surface area (Å²) < 4.78 is 21.4. The number of hydrogen-bond donors (Lipinski definition) is 0. The Hall–Kier alpha value is -1.24. The first kappa shape index (κ1) is 6.87. The first-order valence-corrected chi connectivity index (χ1v) is 3.38. The molecule has 1 rings (SSSR count). The van der Waals surface area contributed by atoms with Gasteiger partial charge in [-0.25, -0.2) is 0 Å². The van der Waals surface area contributed by atoms with Crippen molar-refractivity contribution in [3.8, 4) is 0 Å². The van der Waals surface area contributed by atoms with Gasteiger partial charge >= 0.3 is 0 Å². The SMILES string of the molecule is CC(n1[c]nnn1)=S(=O)=O.